The summed E-state index contributed by atoms with van der Waals surface area (Å²) in [5, 5.41) is 15.7. The predicted octanol–water partition coefficient (Wildman–Crippen LogP) is 2.99. The van der Waals surface area contributed by atoms with E-state index in [1.165, 1.54) is 22.7 Å². The molecule has 138 valence electrons. The summed E-state index contributed by atoms with van der Waals surface area (Å²) in [5.41, 5.74) is 0. The van der Waals surface area contributed by atoms with Gasteiger partial charge in [0.15, 0.2) is 0 Å². The molecule has 1 aliphatic heterocycles. The molecule has 0 aromatic carbocycles. The summed E-state index contributed by atoms with van der Waals surface area (Å²) in [5.74, 6) is -1.26. The Hall–Kier alpha value is -2.19. The number of nitrogens with zero attached hydrogens (tertiary/aromatic N) is 1. The van der Waals surface area contributed by atoms with Crippen LogP contribution in [0.25, 0.3) is 0 Å². The Kier molecular flexibility index (Phi) is 6.05. The van der Waals surface area contributed by atoms with Gasteiger partial charge < -0.3 is 15.3 Å². The van der Waals surface area contributed by atoms with E-state index in [0.29, 0.717) is 30.8 Å². The molecule has 2 amide bonds. The summed E-state index contributed by atoms with van der Waals surface area (Å²) < 4.78 is 0. The smallest absolute Gasteiger partial charge is 0.305 e. The summed E-state index contributed by atoms with van der Waals surface area (Å²) in [7, 11) is 0. The zero-order valence-electron chi connectivity index (χ0n) is 14.1. The highest BCUT2D eigenvalue weighted by atomic mass is 32.1. The van der Waals surface area contributed by atoms with Crippen LogP contribution in [0, 0.1) is 5.92 Å². The van der Waals surface area contributed by atoms with Gasteiger partial charge in [0.05, 0.1) is 17.3 Å². The first-order chi connectivity index (χ1) is 12.5. The molecule has 0 bridgehead atoms. The summed E-state index contributed by atoms with van der Waals surface area (Å²) in [6.45, 7) is 1.08. The lowest BCUT2D eigenvalue weighted by Crippen LogP contribution is -2.43. The molecule has 0 aliphatic carbocycles. The highest BCUT2D eigenvalue weighted by molar-refractivity contribution is 7.12. The average molecular weight is 393 g/mol. The summed E-state index contributed by atoms with van der Waals surface area (Å²) in [6, 6.07) is 6.83. The van der Waals surface area contributed by atoms with Crippen LogP contribution < -0.4 is 5.32 Å². The van der Waals surface area contributed by atoms with Crippen molar-refractivity contribution in [2.24, 2.45) is 5.92 Å². The Balaban J connectivity index is 1.55. The second-order valence-electron chi connectivity index (χ2n) is 6.22. The number of carboxylic acids is 1. The van der Waals surface area contributed by atoms with Gasteiger partial charge in [-0.2, -0.15) is 0 Å². The van der Waals surface area contributed by atoms with Crippen LogP contribution in [0.15, 0.2) is 35.0 Å². The van der Waals surface area contributed by atoms with E-state index in [2.05, 4.69) is 5.32 Å². The van der Waals surface area contributed by atoms with Crippen LogP contribution in [0.5, 0.6) is 0 Å². The zero-order chi connectivity index (χ0) is 18.5. The molecule has 1 aliphatic rings. The molecule has 1 atom stereocenters. The monoisotopic (exact) mass is 392 g/mol. The lowest BCUT2D eigenvalue weighted by molar-refractivity contribution is -0.138. The second-order valence-corrected chi connectivity index (χ2v) is 8.15. The third-order valence-corrected chi connectivity index (χ3v) is 6.31. The van der Waals surface area contributed by atoms with Gasteiger partial charge >= 0.3 is 5.97 Å². The van der Waals surface area contributed by atoms with Crippen LogP contribution in [-0.4, -0.2) is 40.9 Å². The molecule has 3 rings (SSSR count). The van der Waals surface area contributed by atoms with Crippen molar-refractivity contribution in [1.29, 1.82) is 0 Å². The lowest BCUT2D eigenvalue weighted by Gasteiger charge is -2.31. The number of hydrogen-bond donors (Lipinski definition) is 2. The first kappa shape index (κ1) is 18.6. The van der Waals surface area contributed by atoms with E-state index >= 15 is 0 Å². The molecule has 0 saturated carbocycles. The maximum atomic E-state index is 12.6. The van der Waals surface area contributed by atoms with Crippen LogP contribution in [0.1, 0.15) is 39.9 Å². The number of carbonyl (C=O) groups is 3. The molecule has 2 aromatic rings. The van der Waals surface area contributed by atoms with Crippen LogP contribution in [0.4, 0.5) is 0 Å². The molecule has 26 heavy (non-hydrogen) atoms. The molecule has 8 heteroatoms. The van der Waals surface area contributed by atoms with E-state index in [4.69, 9.17) is 5.11 Å². The number of carbonyl (C=O) groups excluding carboxylic acids is 2. The molecule has 3 heterocycles. The van der Waals surface area contributed by atoms with E-state index in [1.807, 2.05) is 35.0 Å². The standard InChI is InChI=1S/C18H20N2O4S2/c21-16(22)11-13(14-3-1-9-25-14)19-17(23)12-5-7-20(8-6-12)18(24)15-4-2-10-26-15/h1-4,9-10,12-13H,5-8,11H2,(H,19,23)(H,21,22)/t13-/m1/s1. The van der Waals surface area contributed by atoms with Gasteiger partial charge in [-0.15, -0.1) is 22.7 Å². The number of carboxylic acid groups (broad SMARTS) is 1. The molecule has 0 spiro atoms. The quantitative estimate of drug-likeness (QED) is 0.791. The summed E-state index contributed by atoms with van der Waals surface area (Å²) in [4.78, 5) is 39.4. The van der Waals surface area contributed by atoms with Crippen molar-refractivity contribution in [3.63, 3.8) is 0 Å². The van der Waals surface area contributed by atoms with Gasteiger partial charge in [0.1, 0.15) is 0 Å². The molecular formula is C18H20N2O4S2. The third kappa shape index (κ3) is 4.50. The minimum absolute atomic E-state index is 0.0150. The topological polar surface area (TPSA) is 86.7 Å². The number of likely N-dealkylation sites (tertiary alicyclic amines) is 1. The van der Waals surface area contributed by atoms with Crippen molar-refractivity contribution in [2.45, 2.75) is 25.3 Å². The summed E-state index contributed by atoms with van der Waals surface area (Å²) in [6.07, 6.45) is 1.04. The first-order valence-corrected chi connectivity index (χ1v) is 10.2. The Morgan fingerprint density at radius 3 is 2.42 bits per heavy atom. The van der Waals surface area contributed by atoms with E-state index in [-0.39, 0.29) is 24.2 Å². The third-order valence-electron chi connectivity index (χ3n) is 4.47. The maximum absolute atomic E-state index is 12.6. The minimum Gasteiger partial charge on any atom is -0.481 e. The van der Waals surface area contributed by atoms with Crippen molar-refractivity contribution >= 4 is 40.5 Å². The van der Waals surface area contributed by atoms with Crippen molar-refractivity contribution < 1.29 is 19.5 Å². The number of amides is 2. The number of rotatable bonds is 6. The van der Waals surface area contributed by atoms with E-state index in [9.17, 15) is 14.4 Å². The van der Waals surface area contributed by atoms with E-state index < -0.39 is 12.0 Å². The van der Waals surface area contributed by atoms with Gasteiger partial charge in [0.2, 0.25) is 5.91 Å². The van der Waals surface area contributed by atoms with Gasteiger partial charge in [0.25, 0.3) is 5.91 Å². The molecule has 6 nitrogen and oxygen atoms in total. The minimum atomic E-state index is -0.944. The van der Waals surface area contributed by atoms with Crippen molar-refractivity contribution in [2.75, 3.05) is 13.1 Å². The molecule has 1 fully saturated rings. The molecule has 2 aromatic heterocycles. The van der Waals surface area contributed by atoms with E-state index in [1.54, 1.807) is 4.90 Å². The fourth-order valence-corrected chi connectivity index (χ4v) is 4.55. The Labute approximate surface area is 159 Å². The predicted molar refractivity (Wildman–Crippen MR) is 100 cm³/mol. The highest BCUT2D eigenvalue weighted by Crippen LogP contribution is 2.25. The molecule has 0 radical (unpaired) electrons. The van der Waals surface area contributed by atoms with Crippen molar-refractivity contribution in [1.82, 2.24) is 10.2 Å². The zero-order valence-corrected chi connectivity index (χ0v) is 15.7. The number of hydrogen-bond acceptors (Lipinski definition) is 5. The van der Waals surface area contributed by atoms with Gasteiger partial charge in [-0.1, -0.05) is 12.1 Å². The fraction of sp³-hybridized carbons (Fsp3) is 0.389. The lowest BCUT2D eigenvalue weighted by atomic mass is 9.95. The number of nitrogens with one attached hydrogen (secondary N) is 1. The fourth-order valence-electron chi connectivity index (χ4n) is 3.08. The Bertz CT molecular complexity index is 750. The number of thiophene rings is 2. The molecule has 2 N–H and O–H groups in total. The number of aliphatic carboxylic acids is 1. The Morgan fingerprint density at radius 2 is 1.85 bits per heavy atom. The van der Waals surface area contributed by atoms with Crippen LogP contribution in [0.2, 0.25) is 0 Å². The van der Waals surface area contributed by atoms with Gasteiger partial charge in [-0.25, -0.2) is 0 Å². The van der Waals surface area contributed by atoms with E-state index in [0.717, 1.165) is 4.88 Å². The molecule has 1 saturated heterocycles. The van der Waals surface area contributed by atoms with Crippen LogP contribution in [-0.2, 0) is 9.59 Å². The maximum Gasteiger partial charge on any atom is 0.305 e. The summed E-state index contributed by atoms with van der Waals surface area (Å²) >= 11 is 2.85. The van der Waals surface area contributed by atoms with Crippen molar-refractivity contribution in [3.05, 3.63) is 44.8 Å². The van der Waals surface area contributed by atoms with Gasteiger partial charge in [-0.05, 0) is 35.7 Å². The molecule has 0 unspecified atom stereocenters. The number of piperidine rings is 1. The largest absolute Gasteiger partial charge is 0.481 e. The Morgan fingerprint density at radius 1 is 1.15 bits per heavy atom. The average Bonchev–Trinajstić information content (AvgIpc) is 3.34. The van der Waals surface area contributed by atoms with Gasteiger partial charge in [-0.3, -0.25) is 14.4 Å². The van der Waals surface area contributed by atoms with Crippen molar-refractivity contribution in [3.8, 4) is 0 Å². The second kappa shape index (κ2) is 8.46. The van der Waals surface area contributed by atoms with Gasteiger partial charge in [0, 0.05) is 23.9 Å². The highest BCUT2D eigenvalue weighted by Gasteiger charge is 2.30. The van der Waals surface area contributed by atoms with Crippen LogP contribution in [0.3, 0.4) is 0 Å². The SMILES string of the molecule is O=C(O)C[C@@H](NC(=O)C1CCN(C(=O)c2cccs2)CC1)c1cccs1. The first-order valence-electron chi connectivity index (χ1n) is 8.43. The molecular weight excluding hydrogens is 372 g/mol. The normalized spacial score (nSPS) is 16.2. The van der Waals surface area contributed by atoms with Crippen LogP contribution >= 0.6 is 22.7 Å².